The van der Waals surface area contributed by atoms with Gasteiger partial charge in [0.2, 0.25) is 0 Å². The highest BCUT2D eigenvalue weighted by Gasteiger charge is 2.46. The monoisotopic (exact) mass is 527 g/mol. The van der Waals surface area contributed by atoms with Crippen LogP contribution < -0.4 is 9.47 Å². The summed E-state index contributed by atoms with van der Waals surface area (Å²) in [7, 11) is 2.82. The highest BCUT2D eigenvalue weighted by Crippen LogP contribution is 2.43. The molecule has 1 aliphatic rings. The van der Waals surface area contributed by atoms with Gasteiger partial charge >= 0.3 is 0 Å². The van der Waals surface area contributed by atoms with E-state index in [1.807, 2.05) is 12.1 Å². The molecule has 2 N–H and O–H groups in total. The zero-order valence-corrected chi connectivity index (χ0v) is 21.0. The standard InChI is InChI=1S/C27H23Cl2NO6/c1-35-21-14-20(29)22(36-2)13-19(21)25(32)23-24(16-5-9-18(31)10-6-16)30(27(34)26(23)33)12-11-15-3-7-17(28)8-4-15/h3-10,13-14,24,31-32H,11-12H2,1-2H3/b25-23+. The smallest absolute Gasteiger partial charge is 0.295 e. The van der Waals surface area contributed by atoms with Gasteiger partial charge in [-0.3, -0.25) is 9.59 Å². The zero-order chi connectivity index (χ0) is 26.0. The molecule has 36 heavy (non-hydrogen) atoms. The van der Waals surface area contributed by atoms with Crippen LogP contribution in [0.15, 0.2) is 66.2 Å². The topological polar surface area (TPSA) is 96.3 Å². The third-order valence-corrected chi connectivity index (χ3v) is 6.58. The molecule has 0 spiro atoms. The number of rotatable bonds is 7. The van der Waals surface area contributed by atoms with E-state index in [2.05, 4.69) is 0 Å². The molecule has 7 nitrogen and oxygen atoms in total. The molecular formula is C27H23Cl2NO6. The molecule has 0 aromatic heterocycles. The second kappa shape index (κ2) is 10.5. The second-order valence-electron chi connectivity index (χ2n) is 8.15. The molecule has 9 heteroatoms. The summed E-state index contributed by atoms with van der Waals surface area (Å²) in [5.74, 6) is -1.51. The van der Waals surface area contributed by atoms with Gasteiger partial charge in [-0.2, -0.15) is 0 Å². The van der Waals surface area contributed by atoms with Crippen molar-refractivity contribution in [3.05, 3.63) is 93.0 Å². The van der Waals surface area contributed by atoms with E-state index in [0.717, 1.165) is 5.56 Å². The Morgan fingerprint density at radius 2 is 1.58 bits per heavy atom. The van der Waals surface area contributed by atoms with Crippen LogP contribution in [0, 0.1) is 0 Å². The van der Waals surface area contributed by atoms with E-state index in [1.165, 1.54) is 43.4 Å². The predicted octanol–water partition coefficient (Wildman–Crippen LogP) is 5.38. The van der Waals surface area contributed by atoms with Gasteiger partial charge in [-0.25, -0.2) is 0 Å². The molecule has 3 aromatic rings. The van der Waals surface area contributed by atoms with Gasteiger partial charge in [0.25, 0.3) is 11.7 Å². The summed E-state index contributed by atoms with van der Waals surface area (Å²) in [5.41, 5.74) is 1.52. The molecule has 1 heterocycles. The molecular weight excluding hydrogens is 505 g/mol. The maximum Gasteiger partial charge on any atom is 0.295 e. The molecule has 4 rings (SSSR count). The molecule has 1 saturated heterocycles. The summed E-state index contributed by atoms with van der Waals surface area (Å²) < 4.78 is 10.6. The SMILES string of the molecule is COc1cc(/C(O)=C2\C(=O)C(=O)N(CCc3ccc(Cl)cc3)C2c2ccc(O)cc2)c(OC)cc1Cl. The molecule has 1 unspecified atom stereocenters. The Hall–Kier alpha value is -3.68. The fourth-order valence-corrected chi connectivity index (χ4v) is 4.56. The first-order chi connectivity index (χ1) is 17.2. The normalized spacial score (nSPS) is 16.9. The molecule has 1 atom stereocenters. The number of hydrogen-bond acceptors (Lipinski definition) is 6. The molecule has 1 amide bonds. The minimum atomic E-state index is -0.899. The van der Waals surface area contributed by atoms with Crippen molar-refractivity contribution < 1.29 is 29.3 Å². The van der Waals surface area contributed by atoms with Gasteiger partial charge in [0, 0.05) is 17.6 Å². The average molecular weight is 528 g/mol. The lowest BCUT2D eigenvalue weighted by atomic mass is 9.94. The number of benzene rings is 3. The number of ether oxygens (including phenoxy) is 2. The Balaban J connectivity index is 1.84. The molecule has 1 aliphatic heterocycles. The number of halogens is 2. The third-order valence-electron chi connectivity index (χ3n) is 6.03. The van der Waals surface area contributed by atoms with Gasteiger partial charge in [-0.05, 0) is 47.9 Å². The Labute approximate surface area is 218 Å². The number of carbonyl (C=O) groups excluding carboxylic acids is 2. The number of Topliss-reactive ketones (excluding diaryl/α,β-unsaturated/α-hetero) is 1. The van der Waals surface area contributed by atoms with Gasteiger partial charge in [-0.1, -0.05) is 47.5 Å². The number of aliphatic hydroxyl groups is 1. The van der Waals surface area contributed by atoms with Crippen LogP contribution in [-0.2, 0) is 16.0 Å². The van der Waals surface area contributed by atoms with Crippen molar-refractivity contribution in [3.8, 4) is 17.2 Å². The second-order valence-corrected chi connectivity index (χ2v) is 8.99. The molecule has 0 aliphatic carbocycles. The van der Waals surface area contributed by atoms with Gasteiger partial charge in [0.15, 0.2) is 0 Å². The largest absolute Gasteiger partial charge is 0.508 e. The van der Waals surface area contributed by atoms with Crippen molar-refractivity contribution >= 4 is 40.7 Å². The third kappa shape index (κ3) is 4.85. The lowest BCUT2D eigenvalue weighted by molar-refractivity contribution is -0.139. The van der Waals surface area contributed by atoms with Crippen LogP contribution in [0.4, 0.5) is 0 Å². The highest BCUT2D eigenvalue weighted by molar-refractivity contribution is 6.46. The van der Waals surface area contributed by atoms with E-state index >= 15 is 0 Å². The number of phenolic OH excluding ortho intramolecular Hbond substituents is 1. The molecule has 0 radical (unpaired) electrons. The van der Waals surface area contributed by atoms with Crippen molar-refractivity contribution in [2.75, 3.05) is 20.8 Å². The number of amides is 1. The van der Waals surface area contributed by atoms with E-state index in [0.29, 0.717) is 17.0 Å². The summed E-state index contributed by atoms with van der Waals surface area (Å²) >= 11 is 12.2. The summed E-state index contributed by atoms with van der Waals surface area (Å²) in [6.45, 7) is 0.204. The summed E-state index contributed by atoms with van der Waals surface area (Å²) in [5, 5.41) is 22.0. The van der Waals surface area contributed by atoms with Gasteiger partial charge < -0.3 is 24.6 Å². The number of aliphatic hydroxyl groups excluding tert-OH is 1. The van der Waals surface area contributed by atoms with Crippen molar-refractivity contribution in [1.29, 1.82) is 0 Å². The summed E-state index contributed by atoms with van der Waals surface area (Å²) in [6.07, 6.45) is 0.455. The van der Waals surface area contributed by atoms with Gasteiger partial charge in [-0.15, -0.1) is 0 Å². The van der Waals surface area contributed by atoms with Crippen molar-refractivity contribution in [1.82, 2.24) is 4.90 Å². The minimum Gasteiger partial charge on any atom is -0.508 e. The number of hydrogen-bond donors (Lipinski definition) is 2. The van der Waals surface area contributed by atoms with Gasteiger partial charge in [0.05, 0.1) is 36.4 Å². The number of carbonyl (C=O) groups is 2. The molecule has 186 valence electrons. The Morgan fingerprint density at radius 1 is 0.944 bits per heavy atom. The first-order valence-electron chi connectivity index (χ1n) is 11.0. The van der Waals surface area contributed by atoms with Crippen LogP contribution >= 0.6 is 23.2 Å². The predicted molar refractivity (Wildman–Crippen MR) is 137 cm³/mol. The first kappa shape index (κ1) is 25.4. The Bertz CT molecular complexity index is 1340. The van der Waals surface area contributed by atoms with E-state index in [9.17, 15) is 19.8 Å². The van der Waals surface area contributed by atoms with E-state index in [-0.39, 0.29) is 40.0 Å². The zero-order valence-electron chi connectivity index (χ0n) is 19.5. The number of nitrogens with zero attached hydrogens (tertiary/aromatic N) is 1. The molecule has 0 saturated carbocycles. The number of phenols is 1. The average Bonchev–Trinajstić information content (AvgIpc) is 3.13. The van der Waals surface area contributed by atoms with Crippen molar-refractivity contribution in [2.24, 2.45) is 0 Å². The lowest BCUT2D eigenvalue weighted by Crippen LogP contribution is -2.31. The van der Waals surface area contributed by atoms with E-state index in [1.54, 1.807) is 24.3 Å². The quantitative estimate of drug-likeness (QED) is 0.243. The molecule has 3 aromatic carbocycles. The molecule has 1 fully saturated rings. The first-order valence-corrected chi connectivity index (χ1v) is 11.7. The Kier molecular flexibility index (Phi) is 7.43. The Morgan fingerprint density at radius 3 is 2.19 bits per heavy atom. The fraction of sp³-hybridized carbons (Fsp3) is 0.185. The maximum absolute atomic E-state index is 13.3. The van der Waals surface area contributed by atoms with Crippen molar-refractivity contribution in [2.45, 2.75) is 12.5 Å². The van der Waals surface area contributed by atoms with Crippen LogP contribution in [0.1, 0.15) is 22.7 Å². The van der Waals surface area contributed by atoms with Crippen molar-refractivity contribution in [3.63, 3.8) is 0 Å². The lowest BCUT2D eigenvalue weighted by Gasteiger charge is -2.25. The number of aromatic hydroxyl groups is 1. The van der Waals surface area contributed by atoms with Crippen LogP contribution in [-0.4, -0.2) is 47.6 Å². The number of likely N-dealkylation sites (tertiary alicyclic amines) is 1. The van der Waals surface area contributed by atoms with Crippen LogP contribution in [0.2, 0.25) is 10.0 Å². The fourth-order valence-electron chi connectivity index (χ4n) is 4.21. The van der Waals surface area contributed by atoms with E-state index in [4.69, 9.17) is 32.7 Å². The summed E-state index contributed by atoms with van der Waals surface area (Å²) in [4.78, 5) is 27.9. The minimum absolute atomic E-state index is 0.0287. The van der Waals surface area contributed by atoms with Crippen LogP contribution in [0.5, 0.6) is 17.2 Å². The number of ketones is 1. The molecule has 0 bridgehead atoms. The summed E-state index contributed by atoms with van der Waals surface area (Å²) in [6, 6.07) is 15.3. The van der Waals surface area contributed by atoms with Crippen LogP contribution in [0.3, 0.4) is 0 Å². The highest BCUT2D eigenvalue weighted by atomic mass is 35.5. The van der Waals surface area contributed by atoms with Gasteiger partial charge in [0.1, 0.15) is 23.0 Å². The van der Waals surface area contributed by atoms with E-state index < -0.39 is 23.5 Å². The maximum atomic E-state index is 13.3. The number of methoxy groups -OCH3 is 2. The van der Waals surface area contributed by atoms with Crippen LogP contribution in [0.25, 0.3) is 5.76 Å².